The minimum Gasteiger partial charge on any atom is -0.457 e. The van der Waals surface area contributed by atoms with Gasteiger partial charge in [0.15, 0.2) is 11.4 Å². The van der Waals surface area contributed by atoms with Gasteiger partial charge in [0.1, 0.15) is 5.76 Å². The summed E-state index contributed by atoms with van der Waals surface area (Å²) in [7, 11) is 0. The molecule has 3 nitrogen and oxygen atoms in total. The van der Waals surface area contributed by atoms with Crippen LogP contribution in [-0.2, 0) is 6.42 Å². The van der Waals surface area contributed by atoms with Crippen LogP contribution in [-0.4, -0.2) is 4.98 Å². The molecule has 0 aliphatic carbocycles. The number of pyridine rings is 1. The summed E-state index contributed by atoms with van der Waals surface area (Å²) in [6, 6.07) is 18.5. The number of benzene rings is 2. The molecule has 0 saturated carbocycles. The topological polar surface area (TPSA) is 52.0 Å². The summed E-state index contributed by atoms with van der Waals surface area (Å²) in [6.07, 6.45) is 0.827. The van der Waals surface area contributed by atoms with E-state index in [-0.39, 0.29) is 0 Å². The SMILES string of the molecule is Cc1oc2c(N)nc3ccccc3c2c1Cc1ccccc1. The molecule has 0 radical (unpaired) electrons. The van der Waals surface area contributed by atoms with Crippen LogP contribution in [0.4, 0.5) is 5.82 Å². The van der Waals surface area contributed by atoms with Crippen LogP contribution < -0.4 is 5.73 Å². The number of hydrogen-bond donors (Lipinski definition) is 1. The molecular weight excluding hydrogens is 272 g/mol. The Morgan fingerprint density at radius 2 is 1.73 bits per heavy atom. The van der Waals surface area contributed by atoms with E-state index in [0.29, 0.717) is 11.4 Å². The third kappa shape index (κ3) is 1.94. The van der Waals surface area contributed by atoms with Gasteiger partial charge in [-0.3, -0.25) is 0 Å². The van der Waals surface area contributed by atoms with Crippen LogP contribution >= 0.6 is 0 Å². The second-order valence-corrected chi connectivity index (χ2v) is 5.52. The minimum atomic E-state index is 0.455. The van der Waals surface area contributed by atoms with Gasteiger partial charge < -0.3 is 10.2 Å². The van der Waals surface area contributed by atoms with E-state index in [1.807, 2.05) is 31.2 Å². The zero-order chi connectivity index (χ0) is 15.1. The fraction of sp³-hybridized carbons (Fsp3) is 0.105. The molecule has 108 valence electrons. The molecule has 0 aliphatic heterocycles. The van der Waals surface area contributed by atoms with Crippen LogP contribution in [0.1, 0.15) is 16.9 Å². The molecule has 0 unspecified atom stereocenters. The van der Waals surface area contributed by atoms with Gasteiger partial charge in [-0.1, -0.05) is 48.5 Å². The summed E-state index contributed by atoms with van der Waals surface area (Å²) >= 11 is 0. The quantitative estimate of drug-likeness (QED) is 0.592. The lowest BCUT2D eigenvalue weighted by Gasteiger charge is -2.04. The van der Waals surface area contributed by atoms with Crippen LogP contribution in [0.5, 0.6) is 0 Å². The van der Waals surface area contributed by atoms with Gasteiger partial charge in [0.2, 0.25) is 0 Å². The second-order valence-electron chi connectivity index (χ2n) is 5.52. The van der Waals surface area contributed by atoms with Gasteiger partial charge in [-0.15, -0.1) is 0 Å². The van der Waals surface area contributed by atoms with Crippen LogP contribution in [0, 0.1) is 6.92 Å². The first-order valence-electron chi connectivity index (χ1n) is 7.34. The van der Waals surface area contributed by atoms with Crippen molar-refractivity contribution in [1.29, 1.82) is 0 Å². The summed E-state index contributed by atoms with van der Waals surface area (Å²) in [5, 5.41) is 2.18. The van der Waals surface area contributed by atoms with Gasteiger partial charge in [-0.05, 0) is 18.6 Å². The average molecular weight is 288 g/mol. The normalized spacial score (nSPS) is 11.3. The highest BCUT2D eigenvalue weighted by Gasteiger charge is 2.17. The van der Waals surface area contributed by atoms with Crippen LogP contribution in [0.15, 0.2) is 59.0 Å². The molecule has 2 aromatic heterocycles. The second kappa shape index (κ2) is 4.88. The molecule has 0 saturated heterocycles. The largest absolute Gasteiger partial charge is 0.457 e. The van der Waals surface area contributed by atoms with Crippen LogP contribution in [0.25, 0.3) is 21.9 Å². The zero-order valence-corrected chi connectivity index (χ0v) is 12.3. The van der Waals surface area contributed by atoms with Crippen LogP contribution in [0.2, 0.25) is 0 Å². The van der Waals surface area contributed by atoms with E-state index in [2.05, 4.69) is 35.3 Å². The maximum Gasteiger partial charge on any atom is 0.177 e. The molecule has 2 heterocycles. The van der Waals surface area contributed by atoms with Crippen molar-refractivity contribution in [1.82, 2.24) is 4.98 Å². The van der Waals surface area contributed by atoms with Gasteiger partial charge in [0.25, 0.3) is 0 Å². The molecule has 0 amide bonds. The molecular formula is C19H16N2O. The Morgan fingerprint density at radius 1 is 1.00 bits per heavy atom. The molecule has 22 heavy (non-hydrogen) atoms. The molecule has 2 aromatic carbocycles. The van der Waals surface area contributed by atoms with E-state index in [1.54, 1.807) is 0 Å². The number of hydrogen-bond acceptors (Lipinski definition) is 3. The maximum atomic E-state index is 6.09. The molecule has 4 rings (SSSR count). The van der Waals surface area contributed by atoms with Gasteiger partial charge in [-0.25, -0.2) is 4.98 Å². The highest BCUT2D eigenvalue weighted by Crippen LogP contribution is 2.35. The van der Waals surface area contributed by atoms with Crippen molar-refractivity contribution in [2.45, 2.75) is 13.3 Å². The summed E-state index contributed by atoms with van der Waals surface area (Å²) in [5.41, 5.74) is 10.1. The van der Waals surface area contributed by atoms with Crippen molar-refractivity contribution in [3.05, 3.63) is 71.5 Å². The predicted molar refractivity (Wildman–Crippen MR) is 89.9 cm³/mol. The predicted octanol–water partition coefficient (Wildman–Crippen LogP) is 4.46. The monoisotopic (exact) mass is 288 g/mol. The third-order valence-electron chi connectivity index (χ3n) is 4.08. The highest BCUT2D eigenvalue weighted by molar-refractivity contribution is 6.09. The Morgan fingerprint density at radius 3 is 2.55 bits per heavy atom. The standard InChI is InChI=1S/C19H16N2O/c1-12-15(11-13-7-3-2-4-8-13)17-14-9-5-6-10-16(14)21-19(20)18(17)22-12/h2-10H,11H2,1H3,(H2,20,21). The number of anilines is 1. The summed E-state index contributed by atoms with van der Waals surface area (Å²) in [5.74, 6) is 1.36. The van der Waals surface area contributed by atoms with Crippen molar-refractivity contribution >= 4 is 27.7 Å². The summed E-state index contributed by atoms with van der Waals surface area (Å²) in [4.78, 5) is 4.45. The number of aryl methyl sites for hydroxylation is 1. The number of rotatable bonds is 2. The van der Waals surface area contributed by atoms with E-state index in [0.717, 1.165) is 28.5 Å². The smallest absolute Gasteiger partial charge is 0.177 e. The molecule has 0 fully saturated rings. The molecule has 4 aromatic rings. The molecule has 0 bridgehead atoms. The zero-order valence-electron chi connectivity index (χ0n) is 12.3. The number of furan rings is 1. The third-order valence-corrected chi connectivity index (χ3v) is 4.08. The Bertz CT molecular complexity index is 971. The molecule has 2 N–H and O–H groups in total. The van der Waals surface area contributed by atoms with E-state index < -0.39 is 0 Å². The Kier molecular flexibility index (Phi) is 2.86. The molecule has 0 atom stereocenters. The number of nitrogens with zero attached hydrogens (tertiary/aromatic N) is 1. The highest BCUT2D eigenvalue weighted by atomic mass is 16.3. The van der Waals surface area contributed by atoms with E-state index in [1.165, 1.54) is 11.1 Å². The summed E-state index contributed by atoms with van der Waals surface area (Å²) in [6.45, 7) is 1.99. The van der Waals surface area contributed by atoms with Gasteiger partial charge in [-0.2, -0.15) is 0 Å². The lowest BCUT2D eigenvalue weighted by molar-refractivity contribution is 0.573. The molecule has 0 spiro atoms. The number of para-hydroxylation sites is 1. The van der Waals surface area contributed by atoms with Crippen molar-refractivity contribution in [3.63, 3.8) is 0 Å². The fourth-order valence-corrected chi connectivity index (χ4v) is 3.02. The number of aromatic nitrogens is 1. The lowest BCUT2D eigenvalue weighted by Crippen LogP contribution is -1.93. The number of nitrogens with two attached hydrogens (primary N) is 1. The van der Waals surface area contributed by atoms with E-state index in [4.69, 9.17) is 10.2 Å². The molecule has 3 heteroatoms. The van der Waals surface area contributed by atoms with Gasteiger partial charge in [0, 0.05) is 22.8 Å². The Labute approximate surface area is 128 Å². The fourth-order valence-electron chi connectivity index (χ4n) is 3.02. The van der Waals surface area contributed by atoms with Crippen molar-refractivity contribution < 1.29 is 4.42 Å². The van der Waals surface area contributed by atoms with E-state index in [9.17, 15) is 0 Å². The number of fused-ring (bicyclic) bond motifs is 3. The lowest BCUT2D eigenvalue weighted by atomic mass is 9.99. The van der Waals surface area contributed by atoms with E-state index >= 15 is 0 Å². The first-order valence-corrected chi connectivity index (χ1v) is 7.34. The average Bonchev–Trinajstić information content (AvgIpc) is 2.86. The van der Waals surface area contributed by atoms with Crippen LogP contribution in [0.3, 0.4) is 0 Å². The van der Waals surface area contributed by atoms with Crippen molar-refractivity contribution in [3.8, 4) is 0 Å². The van der Waals surface area contributed by atoms with Crippen molar-refractivity contribution in [2.24, 2.45) is 0 Å². The minimum absolute atomic E-state index is 0.455. The maximum absolute atomic E-state index is 6.09. The molecule has 0 aliphatic rings. The summed E-state index contributed by atoms with van der Waals surface area (Å²) < 4.78 is 5.92. The number of nitrogen functional groups attached to an aromatic ring is 1. The first kappa shape index (κ1) is 12.9. The van der Waals surface area contributed by atoms with Crippen molar-refractivity contribution in [2.75, 3.05) is 5.73 Å². The Balaban J connectivity index is 2.03. The van der Waals surface area contributed by atoms with Gasteiger partial charge in [0.05, 0.1) is 5.52 Å². The Hall–Kier alpha value is -2.81. The van der Waals surface area contributed by atoms with Gasteiger partial charge >= 0.3 is 0 Å². The first-order chi connectivity index (χ1) is 10.7.